The largest absolute Gasteiger partial charge is 0.493 e. The molecule has 9 heteroatoms. The third-order valence-electron chi connectivity index (χ3n) is 4.31. The van der Waals surface area contributed by atoms with E-state index in [-0.39, 0.29) is 18.0 Å². The van der Waals surface area contributed by atoms with Crippen LogP contribution in [-0.2, 0) is 14.3 Å². The lowest BCUT2D eigenvalue weighted by atomic mass is 9.91. The molecule has 30 heavy (non-hydrogen) atoms. The zero-order valence-corrected chi connectivity index (χ0v) is 19.4. The maximum absolute atomic E-state index is 12.8. The summed E-state index contributed by atoms with van der Waals surface area (Å²) in [4.78, 5) is 37.4. The number of nitrogens with one attached hydrogen (secondary N) is 1. The SMILES string of the molecule is COc1cc(C(=O)N[C@@H](CCSC)C(=O)OCC(=O)C(C)(C)C)cc(OC)c1OC. The van der Waals surface area contributed by atoms with Crippen LogP contribution in [-0.4, -0.2) is 63.6 Å². The lowest BCUT2D eigenvalue weighted by Crippen LogP contribution is -2.43. The van der Waals surface area contributed by atoms with Gasteiger partial charge in [0.05, 0.1) is 21.3 Å². The van der Waals surface area contributed by atoms with Crippen LogP contribution < -0.4 is 19.5 Å². The zero-order chi connectivity index (χ0) is 22.9. The number of esters is 1. The van der Waals surface area contributed by atoms with E-state index in [1.807, 2.05) is 6.26 Å². The van der Waals surface area contributed by atoms with Crippen LogP contribution in [0.4, 0.5) is 0 Å². The molecular weight excluding hydrogens is 410 g/mol. The fourth-order valence-corrected chi connectivity index (χ4v) is 2.86. The third-order valence-corrected chi connectivity index (χ3v) is 4.95. The number of carbonyl (C=O) groups excluding carboxylic acids is 3. The lowest BCUT2D eigenvalue weighted by Gasteiger charge is -2.20. The predicted octanol–water partition coefficient (Wildman–Crippen LogP) is 2.72. The highest BCUT2D eigenvalue weighted by Gasteiger charge is 2.27. The molecule has 0 spiro atoms. The predicted molar refractivity (Wildman–Crippen MR) is 116 cm³/mol. The number of rotatable bonds is 11. The number of ketones is 1. The number of thioether (sulfide) groups is 1. The van der Waals surface area contributed by atoms with Gasteiger partial charge >= 0.3 is 5.97 Å². The Morgan fingerprint density at radius 2 is 1.60 bits per heavy atom. The second-order valence-corrected chi connectivity index (χ2v) is 8.49. The fourth-order valence-electron chi connectivity index (χ4n) is 2.39. The first-order chi connectivity index (χ1) is 14.1. The van der Waals surface area contributed by atoms with Crippen molar-refractivity contribution in [1.82, 2.24) is 5.32 Å². The average Bonchev–Trinajstić information content (AvgIpc) is 2.72. The Kier molecular flexibility index (Phi) is 9.98. The van der Waals surface area contributed by atoms with Gasteiger partial charge in [0.2, 0.25) is 5.75 Å². The van der Waals surface area contributed by atoms with Crippen LogP contribution in [0.1, 0.15) is 37.6 Å². The standard InChI is InChI=1S/C21H31NO7S/c1-21(2,3)17(23)12-29-20(25)14(8-9-30-7)22-19(24)13-10-15(26-4)18(28-6)16(11-13)27-5/h10-11,14H,8-9,12H2,1-7H3,(H,22,24)/t14-/m0/s1. The van der Waals surface area contributed by atoms with Crippen LogP contribution in [0.25, 0.3) is 0 Å². The Hall–Kier alpha value is -2.42. The molecule has 0 unspecified atom stereocenters. The Morgan fingerprint density at radius 1 is 1.03 bits per heavy atom. The van der Waals surface area contributed by atoms with Crippen LogP contribution >= 0.6 is 11.8 Å². The van der Waals surface area contributed by atoms with Crippen molar-refractivity contribution in [3.8, 4) is 17.2 Å². The maximum Gasteiger partial charge on any atom is 0.329 e. The van der Waals surface area contributed by atoms with Crippen molar-refractivity contribution >= 4 is 29.4 Å². The summed E-state index contributed by atoms with van der Waals surface area (Å²) < 4.78 is 21.0. The average molecular weight is 442 g/mol. The number of hydrogen-bond acceptors (Lipinski definition) is 8. The highest BCUT2D eigenvalue weighted by molar-refractivity contribution is 7.98. The minimum absolute atomic E-state index is 0.199. The van der Waals surface area contributed by atoms with Crippen molar-refractivity contribution in [1.29, 1.82) is 0 Å². The van der Waals surface area contributed by atoms with Gasteiger partial charge in [0.1, 0.15) is 6.04 Å². The molecule has 168 valence electrons. The summed E-state index contributed by atoms with van der Waals surface area (Å²) >= 11 is 1.53. The van der Waals surface area contributed by atoms with Crippen molar-refractivity contribution in [3.63, 3.8) is 0 Å². The Morgan fingerprint density at radius 3 is 2.03 bits per heavy atom. The van der Waals surface area contributed by atoms with E-state index in [9.17, 15) is 14.4 Å². The number of carbonyl (C=O) groups is 3. The number of methoxy groups -OCH3 is 3. The van der Waals surface area contributed by atoms with Crippen LogP contribution in [0.15, 0.2) is 12.1 Å². The fraction of sp³-hybridized carbons (Fsp3) is 0.571. The molecule has 1 aromatic rings. The minimum atomic E-state index is -0.892. The quantitative estimate of drug-likeness (QED) is 0.523. The molecule has 0 bridgehead atoms. The number of benzene rings is 1. The Bertz CT molecular complexity index is 733. The number of Topliss-reactive ketones (excluding diaryl/α,β-unsaturated/α-hetero) is 1. The first-order valence-corrected chi connectivity index (χ1v) is 10.8. The van der Waals surface area contributed by atoms with E-state index in [1.165, 1.54) is 45.2 Å². The molecule has 0 heterocycles. The smallest absolute Gasteiger partial charge is 0.329 e. The molecule has 0 aliphatic heterocycles. The molecule has 8 nitrogen and oxygen atoms in total. The van der Waals surface area contributed by atoms with Gasteiger partial charge in [0.25, 0.3) is 5.91 Å². The number of ether oxygens (including phenoxy) is 4. The molecular formula is C21H31NO7S. The first kappa shape index (κ1) is 25.6. The molecule has 0 aliphatic rings. The van der Waals surface area contributed by atoms with E-state index in [0.29, 0.717) is 29.4 Å². The molecule has 1 N–H and O–H groups in total. The third kappa shape index (κ3) is 7.12. The van der Waals surface area contributed by atoms with Crippen molar-refractivity contribution in [2.24, 2.45) is 5.41 Å². The molecule has 0 aromatic heterocycles. The van der Waals surface area contributed by atoms with E-state index in [0.717, 1.165) is 0 Å². The van der Waals surface area contributed by atoms with Crippen LogP contribution in [0.2, 0.25) is 0 Å². The second-order valence-electron chi connectivity index (χ2n) is 7.50. The van der Waals surface area contributed by atoms with Crippen molar-refractivity contribution in [2.45, 2.75) is 33.2 Å². The van der Waals surface area contributed by atoms with E-state index < -0.39 is 23.3 Å². The summed E-state index contributed by atoms with van der Waals surface area (Å²) in [5.41, 5.74) is -0.383. The van der Waals surface area contributed by atoms with E-state index >= 15 is 0 Å². The molecule has 1 rings (SSSR count). The van der Waals surface area contributed by atoms with Crippen molar-refractivity contribution in [3.05, 3.63) is 17.7 Å². The van der Waals surface area contributed by atoms with Crippen molar-refractivity contribution in [2.75, 3.05) is 39.9 Å². The van der Waals surface area contributed by atoms with Gasteiger partial charge in [-0.1, -0.05) is 20.8 Å². The molecule has 0 saturated heterocycles. The molecule has 1 atom stereocenters. The topological polar surface area (TPSA) is 100 Å². The van der Waals surface area contributed by atoms with Gasteiger partial charge in [-0.2, -0.15) is 11.8 Å². The van der Waals surface area contributed by atoms with E-state index in [2.05, 4.69) is 5.32 Å². The molecule has 0 fully saturated rings. The van der Waals surface area contributed by atoms with Gasteiger partial charge in [-0.05, 0) is 30.6 Å². The molecule has 0 radical (unpaired) electrons. The normalized spacial score (nSPS) is 12.0. The monoisotopic (exact) mass is 441 g/mol. The van der Waals surface area contributed by atoms with Gasteiger partial charge in [0, 0.05) is 11.0 Å². The summed E-state index contributed by atoms with van der Waals surface area (Å²) in [7, 11) is 4.36. The Labute approximate surface area is 182 Å². The van der Waals surface area contributed by atoms with Crippen LogP contribution in [0, 0.1) is 5.41 Å². The lowest BCUT2D eigenvalue weighted by molar-refractivity contribution is -0.151. The van der Waals surface area contributed by atoms with Gasteiger partial charge in [0.15, 0.2) is 23.9 Å². The highest BCUT2D eigenvalue weighted by Crippen LogP contribution is 2.38. The van der Waals surface area contributed by atoms with Gasteiger partial charge in [-0.25, -0.2) is 4.79 Å². The number of hydrogen-bond donors (Lipinski definition) is 1. The minimum Gasteiger partial charge on any atom is -0.493 e. The molecule has 0 aliphatic carbocycles. The Balaban J connectivity index is 3.00. The summed E-state index contributed by atoms with van der Waals surface area (Å²) in [6.45, 7) is 4.92. The summed E-state index contributed by atoms with van der Waals surface area (Å²) in [5, 5.41) is 2.68. The van der Waals surface area contributed by atoms with Crippen molar-refractivity contribution < 1.29 is 33.3 Å². The summed E-state index contributed by atoms with van der Waals surface area (Å²) in [5.74, 6) is 0.276. The van der Waals surface area contributed by atoms with Crippen LogP contribution in [0.5, 0.6) is 17.2 Å². The molecule has 0 saturated carbocycles. The number of amides is 1. The van der Waals surface area contributed by atoms with E-state index in [4.69, 9.17) is 18.9 Å². The van der Waals surface area contributed by atoms with E-state index in [1.54, 1.807) is 20.8 Å². The first-order valence-electron chi connectivity index (χ1n) is 9.38. The van der Waals surface area contributed by atoms with Crippen LogP contribution in [0.3, 0.4) is 0 Å². The highest BCUT2D eigenvalue weighted by atomic mass is 32.2. The molecule has 1 amide bonds. The molecule has 1 aromatic carbocycles. The van der Waals surface area contributed by atoms with Gasteiger partial charge in [-0.15, -0.1) is 0 Å². The summed E-state index contributed by atoms with van der Waals surface area (Å²) in [6, 6.07) is 2.10. The van der Waals surface area contributed by atoms with Gasteiger partial charge in [-0.3, -0.25) is 9.59 Å². The second kappa shape index (κ2) is 11.7. The zero-order valence-electron chi connectivity index (χ0n) is 18.6. The van der Waals surface area contributed by atoms with Gasteiger partial charge < -0.3 is 24.3 Å². The summed E-state index contributed by atoms with van der Waals surface area (Å²) in [6.07, 6.45) is 2.26. The maximum atomic E-state index is 12.8.